The molecule has 0 bridgehead atoms. The minimum absolute atomic E-state index is 0.0981. The highest BCUT2D eigenvalue weighted by Crippen LogP contribution is 2.44. The third kappa shape index (κ3) is 4.62. The van der Waals surface area contributed by atoms with Crippen molar-refractivity contribution in [3.8, 4) is 5.69 Å². The second-order valence-electron chi connectivity index (χ2n) is 9.37. The molecule has 0 saturated carbocycles. The lowest BCUT2D eigenvalue weighted by atomic mass is 9.96. The largest absolute Gasteiger partial charge is 0.351 e. The van der Waals surface area contributed by atoms with E-state index < -0.39 is 0 Å². The number of nitrogens with zero attached hydrogens (tertiary/aromatic N) is 3. The number of hydrogen-bond acceptors (Lipinski definition) is 3. The van der Waals surface area contributed by atoms with E-state index in [2.05, 4.69) is 76.2 Å². The van der Waals surface area contributed by atoms with Crippen LogP contribution in [-0.2, 0) is 11.2 Å². The molecule has 2 N–H and O–H groups in total. The number of carbonyl (C=O) groups excluding carboxylic acids is 1. The fraction of sp³-hybridized carbons (Fsp3) is 0.233. The zero-order valence-electron chi connectivity index (χ0n) is 21.5. The number of aryl methyl sites for hydroxylation is 2. The van der Waals surface area contributed by atoms with Gasteiger partial charge in [0.2, 0.25) is 5.91 Å². The number of aromatic nitrogens is 2. The zero-order valence-corrected chi connectivity index (χ0v) is 22.3. The number of thiocarbonyl (C=S) groups is 1. The molecule has 0 spiro atoms. The molecule has 3 heterocycles. The van der Waals surface area contributed by atoms with Crippen molar-refractivity contribution in [1.29, 1.82) is 0 Å². The fourth-order valence-electron chi connectivity index (χ4n) is 5.34. The van der Waals surface area contributed by atoms with E-state index in [-0.39, 0.29) is 18.0 Å². The summed E-state index contributed by atoms with van der Waals surface area (Å²) in [6.45, 7) is 8.04. The molecule has 1 saturated heterocycles. The van der Waals surface area contributed by atoms with Crippen LogP contribution in [-0.4, -0.2) is 20.6 Å². The monoisotopic (exact) mass is 509 g/mol. The third-order valence-corrected chi connectivity index (χ3v) is 7.28. The molecular weight excluding hydrogens is 478 g/mol. The zero-order chi connectivity index (χ0) is 26.1. The van der Waals surface area contributed by atoms with Gasteiger partial charge >= 0.3 is 0 Å². The van der Waals surface area contributed by atoms with Crippen molar-refractivity contribution in [2.75, 3.05) is 10.2 Å². The van der Waals surface area contributed by atoms with Crippen LogP contribution in [0.4, 0.5) is 11.4 Å². The van der Waals surface area contributed by atoms with E-state index in [9.17, 15) is 4.79 Å². The van der Waals surface area contributed by atoms with Crippen LogP contribution in [0.5, 0.6) is 0 Å². The Labute approximate surface area is 223 Å². The molecule has 37 heavy (non-hydrogen) atoms. The predicted molar refractivity (Wildman–Crippen MR) is 153 cm³/mol. The first-order chi connectivity index (χ1) is 17.9. The van der Waals surface area contributed by atoms with Crippen LogP contribution in [0, 0.1) is 13.8 Å². The van der Waals surface area contributed by atoms with Crippen LogP contribution in [0.3, 0.4) is 0 Å². The first kappa shape index (κ1) is 24.7. The van der Waals surface area contributed by atoms with E-state index in [0.29, 0.717) is 5.11 Å². The molecule has 1 fully saturated rings. The molecular formula is C30H31N5OS. The van der Waals surface area contributed by atoms with Gasteiger partial charge in [-0.25, -0.2) is 0 Å². The molecule has 1 aliphatic heterocycles. The Bertz CT molecular complexity index is 1440. The summed E-state index contributed by atoms with van der Waals surface area (Å²) in [7, 11) is 0. The van der Waals surface area contributed by atoms with Gasteiger partial charge in [-0.3, -0.25) is 9.78 Å². The van der Waals surface area contributed by atoms with Crippen molar-refractivity contribution in [2.45, 2.75) is 46.2 Å². The van der Waals surface area contributed by atoms with E-state index in [1.54, 1.807) is 0 Å². The van der Waals surface area contributed by atoms with Gasteiger partial charge in [-0.05, 0) is 92.1 Å². The van der Waals surface area contributed by atoms with Crippen LogP contribution < -0.4 is 15.5 Å². The summed E-state index contributed by atoms with van der Waals surface area (Å²) < 4.78 is 2.35. The number of para-hydroxylation sites is 1. The van der Waals surface area contributed by atoms with Crippen molar-refractivity contribution in [1.82, 2.24) is 14.9 Å². The van der Waals surface area contributed by atoms with Crippen LogP contribution in [0.2, 0.25) is 0 Å². The molecule has 2 aromatic heterocycles. The number of hydrogen-bond donors (Lipinski definition) is 2. The van der Waals surface area contributed by atoms with E-state index in [1.165, 1.54) is 35.1 Å². The summed E-state index contributed by atoms with van der Waals surface area (Å²) in [5.41, 5.74) is 8.70. The highest BCUT2D eigenvalue weighted by Gasteiger charge is 2.42. The van der Waals surface area contributed by atoms with Gasteiger partial charge in [0.05, 0.1) is 17.8 Å². The normalized spacial score (nSPS) is 17.1. The van der Waals surface area contributed by atoms with E-state index in [0.717, 1.165) is 23.5 Å². The van der Waals surface area contributed by atoms with Crippen molar-refractivity contribution in [3.05, 3.63) is 107 Å². The summed E-state index contributed by atoms with van der Waals surface area (Å²) >= 11 is 5.91. The van der Waals surface area contributed by atoms with Crippen molar-refractivity contribution in [2.24, 2.45) is 0 Å². The third-order valence-electron chi connectivity index (χ3n) is 6.97. The number of benzene rings is 2. The Hall–Kier alpha value is -3.97. The van der Waals surface area contributed by atoms with Gasteiger partial charge < -0.3 is 20.1 Å². The topological polar surface area (TPSA) is 62.2 Å². The van der Waals surface area contributed by atoms with E-state index in [1.807, 2.05) is 48.7 Å². The Morgan fingerprint density at radius 2 is 1.78 bits per heavy atom. The fourth-order valence-corrected chi connectivity index (χ4v) is 5.69. The van der Waals surface area contributed by atoms with Crippen molar-refractivity contribution >= 4 is 34.6 Å². The number of rotatable bonds is 6. The Morgan fingerprint density at radius 1 is 1.05 bits per heavy atom. The molecule has 6 nitrogen and oxygen atoms in total. The number of carbonyl (C=O) groups is 1. The molecule has 7 heteroatoms. The molecule has 1 amide bonds. The molecule has 0 aliphatic carbocycles. The molecule has 2 atom stereocenters. The second kappa shape index (κ2) is 10.2. The van der Waals surface area contributed by atoms with Crippen LogP contribution in [0.25, 0.3) is 5.69 Å². The molecule has 2 aromatic carbocycles. The van der Waals surface area contributed by atoms with Crippen molar-refractivity contribution < 1.29 is 4.79 Å². The maximum Gasteiger partial charge on any atom is 0.221 e. The summed E-state index contributed by atoms with van der Waals surface area (Å²) in [4.78, 5) is 18.4. The predicted octanol–water partition coefficient (Wildman–Crippen LogP) is 6.19. The number of nitrogens with one attached hydrogen (secondary N) is 2. The highest BCUT2D eigenvalue weighted by atomic mass is 32.1. The summed E-state index contributed by atoms with van der Waals surface area (Å²) in [5, 5.41) is 7.03. The lowest BCUT2D eigenvalue weighted by Crippen LogP contribution is -2.29. The maximum atomic E-state index is 11.5. The first-order valence-electron chi connectivity index (χ1n) is 12.5. The molecule has 1 aliphatic rings. The van der Waals surface area contributed by atoms with Gasteiger partial charge in [0, 0.05) is 41.6 Å². The Morgan fingerprint density at radius 3 is 2.46 bits per heavy atom. The van der Waals surface area contributed by atoms with Gasteiger partial charge in [-0.2, -0.15) is 0 Å². The molecule has 5 rings (SSSR count). The quantitative estimate of drug-likeness (QED) is 0.304. The molecule has 4 aromatic rings. The second-order valence-corrected chi connectivity index (χ2v) is 9.76. The average Bonchev–Trinajstić information content (AvgIpc) is 3.39. The highest BCUT2D eigenvalue weighted by molar-refractivity contribution is 7.80. The lowest BCUT2D eigenvalue weighted by Gasteiger charge is -2.28. The van der Waals surface area contributed by atoms with Gasteiger partial charge in [0.25, 0.3) is 0 Å². The molecule has 2 unspecified atom stereocenters. The Balaban J connectivity index is 1.65. The minimum atomic E-state index is -0.126. The smallest absolute Gasteiger partial charge is 0.221 e. The standard InChI is InChI=1S/C30H31N5OS/c1-5-22-10-6-7-12-27(22)34-19(2)18-25(20(34)3)29-28(26-11-8-9-17-31-26)33-30(37)35(29)24-15-13-23(14-16-24)32-21(4)36/h6-18,28-29H,5H2,1-4H3,(H,32,36)(H,33,37). The van der Waals surface area contributed by atoms with Gasteiger partial charge in [-0.15, -0.1) is 0 Å². The van der Waals surface area contributed by atoms with Crippen LogP contribution in [0.1, 0.15) is 54.1 Å². The van der Waals surface area contributed by atoms with Crippen LogP contribution >= 0.6 is 12.2 Å². The lowest BCUT2D eigenvalue weighted by molar-refractivity contribution is -0.114. The summed E-state index contributed by atoms with van der Waals surface area (Å²) in [5.74, 6) is -0.0981. The first-order valence-corrected chi connectivity index (χ1v) is 12.9. The average molecular weight is 510 g/mol. The van der Waals surface area contributed by atoms with Gasteiger partial charge in [0.15, 0.2) is 5.11 Å². The van der Waals surface area contributed by atoms with Gasteiger partial charge in [0.1, 0.15) is 0 Å². The minimum Gasteiger partial charge on any atom is -0.351 e. The van der Waals surface area contributed by atoms with Crippen molar-refractivity contribution in [3.63, 3.8) is 0 Å². The number of pyridine rings is 1. The van der Waals surface area contributed by atoms with Gasteiger partial charge in [-0.1, -0.05) is 31.2 Å². The van der Waals surface area contributed by atoms with Crippen LogP contribution in [0.15, 0.2) is 79.0 Å². The Kier molecular flexibility index (Phi) is 6.80. The summed E-state index contributed by atoms with van der Waals surface area (Å²) in [6, 6.07) is 24.4. The molecule has 0 radical (unpaired) electrons. The SMILES string of the molecule is CCc1ccccc1-n1c(C)cc(C2C(c3ccccn3)NC(=S)N2c2ccc(NC(C)=O)cc2)c1C. The summed E-state index contributed by atoms with van der Waals surface area (Å²) in [6.07, 6.45) is 2.78. The van der Waals surface area contributed by atoms with E-state index in [4.69, 9.17) is 12.2 Å². The van der Waals surface area contributed by atoms with E-state index >= 15 is 0 Å². The number of amides is 1. The molecule has 188 valence electrons. The maximum absolute atomic E-state index is 11.5. The number of anilines is 2.